The van der Waals surface area contributed by atoms with Crippen molar-refractivity contribution < 1.29 is 9.59 Å². The van der Waals surface area contributed by atoms with Crippen molar-refractivity contribution >= 4 is 11.8 Å². The van der Waals surface area contributed by atoms with E-state index < -0.39 is 0 Å². The first-order chi connectivity index (χ1) is 11.0. The smallest absolute Gasteiger partial charge is 0.255 e. The second-order valence-corrected chi connectivity index (χ2v) is 6.77. The highest BCUT2D eigenvalue weighted by Gasteiger charge is 2.30. The number of aryl methyl sites for hydroxylation is 1. The van der Waals surface area contributed by atoms with Gasteiger partial charge in [0.1, 0.15) is 0 Å². The maximum Gasteiger partial charge on any atom is 0.255 e. The Morgan fingerprint density at radius 3 is 2.39 bits per heavy atom. The summed E-state index contributed by atoms with van der Waals surface area (Å²) in [5.74, 6) is 0.307. The summed E-state index contributed by atoms with van der Waals surface area (Å²) in [6.07, 6.45) is 3.85. The molecule has 1 saturated heterocycles. The molecular weight excluding hydrogens is 290 g/mol. The summed E-state index contributed by atoms with van der Waals surface area (Å²) in [6.45, 7) is 8.83. The summed E-state index contributed by atoms with van der Waals surface area (Å²) >= 11 is 0. The molecule has 1 aliphatic carbocycles. The molecule has 0 N–H and O–H groups in total. The van der Waals surface area contributed by atoms with Crippen LogP contribution < -0.4 is 0 Å². The summed E-state index contributed by atoms with van der Waals surface area (Å²) < 4.78 is 2.32. The van der Waals surface area contributed by atoms with Crippen LogP contribution in [0.2, 0.25) is 0 Å². The molecule has 1 aromatic rings. The Morgan fingerprint density at radius 1 is 1.09 bits per heavy atom. The van der Waals surface area contributed by atoms with E-state index in [0.29, 0.717) is 25.6 Å². The van der Waals surface area contributed by atoms with Gasteiger partial charge in [-0.15, -0.1) is 0 Å². The first-order valence-electron chi connectivity index (χ1n) is 8.78. The van der Waals surface area contributed by atoms with E-state index in [-0.39, 0.29) is 11.8 Å². The Kier molecular flexibility index (Phi) is 4.46. The lowest BCUT2D eigenvalue weighted by atomic mass is 10.2. The fraction of sp³-hybridized carbons (Fsp3) is 0.667. The Bertz CT molecular complexity index is 616. The maximum absolute atomic E-state index is 12.9. The van der Waals surface area contributed by atoms with Gasteiger partial charge in [-0.05, 0) is 39.2 Å². The summed E-state index contributed by atoms with van der Waals surface area (Å²) in [6, 6.07) is 2.63. The summed E-state index contributed by atoms with van der Waals surface area (Å²) in [5, 5.41) is 0. The molecule has 2 aliphatic rings. The van der Waals surface area contributed by atoms with Crippen LogP contribution in [0.3, 0.4) is 0 Å². The maximum atomic E-state index is 12.9. The summed E-state index contributed by atoms with van der Waals surface area (Å²) in [5.41, 5.74) is 3.12. The Balaban J connectivity index is 1.73. The molecule has 23 heavy (non-hydrogen) atoms. The van der Waals surface area contributed by atoms with Gasteiger partial charge >= 0.3 is 0 Å². The molecular formula is C18H27N3O2. The molecule has 0 radical (unpaired) electrons. The third-order valence-corrected chi connectivity index (χ3v) is 5.07. The number of nitrogens with zero attached hydrogens (tertiary/aromatic N) is 3. The van der Waals surface area contributed by atoms with Gasteiger partial charge in [0, 0.05) is 50.0 Å². The minimum atomic E-state index is 0.121. The fourth-order valence-corrected chi connectivity index (χ4v) is 3.65. The zero-order valence-corrected chi connectivity index (χ0v) is 14.5. The van der Waals surface area contributed by atoms with E-state index in [2.05, 4.69) is 18.4 Å². The molecule has 126 valence electrons. The van der Waals surface area contributed by atoms with Crippen LogP contribution in [0.1, 0.15) is 60.4 Å². The van der Waals surface area contributed by atoms with Crippen LogP contribution in [0.5, 0.6) is 0 Å². The van der Waals surface area contributed by atoms with E-state index in [1.807, 2.05) is 22.8 Å². The van der Waals surface area contributed by atoms with Gasteiger partial charge in [-0.25, -0.2) is 0 Å². The lowest BCUT2D eigenvalue weighted by Gasteiger charge is -2.22. The molecule has 1 aliphatic heterocycles. The molecule has 5 nitrogen and oxygen atoms in total. The normalized spacial score (nSPS) is 18.9. The van der Waals surface area contributed by atoms with Crippen LogP contribution in [0, 0.1) is 13.8 Å². The summed E-state index contributed by atoms with van der Waals surface area (Å²) in [4.78, 5) is 28.6. The number of amides is 2. The molecule has 5 heteroatoms. The van der Waals surface area contributed by atoms with Gasteiger partial charge in [0.15, 0.2) is 0 Å². The first kappa shape index (κ1) is 16.1. The van der Waals surface area contributed by atoms with Crippen molar-refractivity contribution in [1.29, 1.82) is 0 Å². The molecule has 3 rings (SSSR count). The molecule has 0 bridgehead atoms. The second-order valence-electron chi connectivity index (χ2n) is 6.77. The van der Waals surface area contributed by atoms with Crippen molar-refractivity contribution in [3.05, 3.63) is 23.0 Å². The van der Waals surface area contributed by atoms with E-state index in [9.17, 15) is 9.59 Å². The second kappa shape index (κ2) is 6.38. The highest BCUT2D eigenvalue weighted by Crippen LogP contribution is 2.38. The molecule has 2 amide bonds. The van der Waals surface area contributed by atoms with Crippen LogP contribution in [-0.4, -0.2) is 52.4 Å². The molecule has 1 saturated carbocycles. The average molecular weight is 317 g/mol. The Labute approximate surface area is 138 Å². The molecule has 2 heterocycles. The lowest BCUT2D eigenvalue weighted by molar-refractivity contribution is -0.130. The van der Waals surface area contributed by atoms with Gasteiger partial charge < -0.3 is 14.4 Å². The van der Waals surface area contributed by atoms with E-state index in [1.165, 1.54) is 18.5 Å². The van der Waals surface area contributed by atoms with Crippen molar-refractivity contribution in [2.75, 3.05) is 26.2 Å². The van der Waals surface area contributed by atoms with Crippen LogP contribution in [0.4, 0.5) is 0 Å². The molecule has 2 fully saturated rings. The molecule has 0 unspecified atom stereocenters. The summed E-state index contributed by atoms with van der Waals surface area (Å²) in [7, 11) is 0. The largest absolute Gasteiger partial charge is 0.345 e. The predicted octanol–water partition coefficient (Wildman–Crippen LogP) is 2.52. The van der Waals surface area contributed by atoms with Gasteiger partial charge in [0.2, 0.25) is 5.91 Å². The van der Waals surface area contributed by atoms with E-state index >= 15 is 0 Å². The molecule has 0 aromatic carbocycles. The topological polar surface area (TPSA) is 45.6 Å². The molecule has 1 aromatic heterocycles. The van der Waals surface area contributed by atoms with Crippen molar-refractivity contribution in [2.45, 2.75) is 52.5 Å². The van der Waals surface area contributed by atoms with Crippen LogP contribution in [-0.2, 0) is 4.79 Å². The third kappa shape index (κ3) is 3.14. The number of aromatic nitrogens is 1. The van der Waals surface area contributed by atoms with Gasteiger partial charge in [0.05, 0.1) is 5.56 Å². The van der Waals surface area contributed by atoms with Crippen molar-refractivity contribution in [3.8, 4) is 0 Å². The van der Waals surface area contributed by atoms with E-state index in [1.54, 1.807) is 0 Å². The SMILES string of the molecule is CCC(=O)N1CCCN(C(=O)c2cc(C)n(C3CC3)c2C)CC1. The predicted molar refractivity (Wildman–Crippen MR) is 89.6 cm³/mol. The number of hydrogen-bond donors (Lipinski definition) is 0. The van der Waals surface area contributed by atoms with Crippen molar-refractivity contribution in [2.24, 2.45) is 0 Å². The van der Waals surface area contributed by atoms with E-state index in [0.717, 1.165) is 30.8 Å². The number of hydrogen-bond acceptors (Lipinski definition) is 2. The highest BCUT2D eigenvalue weighted by molar-refractivity contribution is 5.95. The zero-order valence-electron chi connectivity index (χ0n) is 14.5. The van der Waals surface area contributed by atoms with Gasteiger partial charge in [-0.3, -0.25) is 9.59 Å². The van der Waals surface area contributed by atoms with Gasteiger partial charge in [0.25, 0.3) is 5.91 Å². The Morgan fingerprint density at radius 2 is 1.74 bits per heavy atom. The number of carbonyl (C=O) groups is 2. The highest BCUT2D eigenvalue weighted by atomic mass is 16.2. The first-order valence-corrected chi connectivity index (χ1v) is 8.78. The standard InChI is InChI=1S/C18H27N3O2/c1-4-17(22)19-8-5-9-20(11-10-19)18(23)16-12-13(2)21(14(16)3)15-6-7-15/h12,15H,4-11H2,1-3H3. The van der Waals surface area contributed by atoms with Gasteiger partial charge in [-0.2, -0.15) is 0 Å². The monoisotopic (exact) mass is 317 g/mol. The lowest BCUT2D eigenvalue weighted by Crippen LogP contribution is -2.37. The number of rotatable bonds is 3. The fourth-order valence-electron chi connectivity index (χ4n) is 3.65. The van der Waals surface area contributed by atoms with Gasteiger partial charge in [-0.1, -0.05) is 6.92 Å². The average Bonchev–Trinajstić information content (AvgIpc) is 3.34. The van der Waals surface area contributed by atoms with Crippen LogP contribution in [0.25, 0.3) is 0 Å². The van der Waals surface area contributed by atoms with Crippen LogP contribution >= 0.6 is 0 Å². The number of carbonyl (C=O) groups excluding carboxylic acids is 2. The molecule has 0 spiro atoms. The zero-order chi connectivity index (χ0) is 16.6. The van der Waals surface area contributed by atoms with E-state index in [4.69, 9.17) is 0 Å². The van der Waals surface area contributed by atoms with Crippen molar-refractivity contribution in [1.82, 2.24) is 14.4 Å². The Hall–Kier alpha value is -1.78. The quantitative estimate of drug-likeness (QED) is 0.860. The minimum absolute atomic E-state index is 0.121. The van der Waals surface area contributed by atoms with Crippen molar-refractivity contribution in [3.63, 3.8) is 0 Å². The minimum Gasteiger partial charge on any atom is -0.345 e. The van der Waals surface area contributed by atoms with Crippen LogP contribution in [0.15, 0.2) is 6.07 Å². The molecule has 0 atom stereocenters. The third-order valence-electron chi connectivity index (χ3n) is 5.07.